The van der Waals surface area contributed by atoms with Crippen LogP contribution in [0.5, 0.6) is 0 Å². The van der Waals surface area contributed by atoms with Gasteiger partial charge >= 0.3 is 0 Å². The lowest BCUT2D eigenvalue weighted by Crippen LogP contribution is -2.01. The Morgan fingerprint density at radius 3 is 3.00 bits per heavy atom. The van der Waals surface area contributed by atoms with Crippen LogP contribution in [0.4, 0.5) is 4.39 Å². The third-order valence-corrected chi connectivity index (χ3v) is 3.02. The Hall–Kier alpha value is -2.08. The molecule has 3 rings (SSSR count). The van der Waals surface area contributed by atoms with Crippen LogP contribution in [0.2, 0.25) is 0 Å². The Morgan fingerprint density at radius 1 is 1.33 bits per heavy atom. The van der Waals surface area contributed by atoms with Crippen LogP contribution in [-0.4, -0.2) is 19.5 Å². The number of halogens is 1. The maximum absolute atomic E-state index is 13.3. The second-order valence-electron chi connectivity index (χ2n) is 3.88. The highest BCUT2D eigenvalue weighted by Crippen LogP contribution is 2.16. The van der Waals surface area contributed by atoms with Crippen LogP contribution in [0.15, 0.2) is 36.8 Å². The first-order valence-corrected chi connectivity index (χ1v) is 5.78. The second-order valence-corrected chi connectivity index (χ2v) is 4.27. The largest absolute Gasteiger partial charge is 0.331 e. The first-order valence-electron chi connectivity index (χ1n) is 5.37. The Balaban J connectivity index is 2.14. The lowest BCUT2D eigenvalue weighted by molar-refractivity contribution is 0.628. The van der Waals surface area contributed by atoms with Crippen molar-refractivity contribution in [2.75, 3.05) is 0 Å². The van der Waals surface area contributed by atoms with Crippen LogP contribution in [0.3, 0.4) is 0 Å². The third-order valence-electron chi connectivity index (χ3n) is 2.70. The van der Waals surface area contributed by atoms with Crippen molar-refractivity contribution in [3.8, 4) is 0 Å². The first kappa shape index (κ1) is 11.0. The summed E-state index contributed by atoms with van der Waals surface area (Å²) in [5.74, 6) is -0.284. The van der Waals surface area contributed by atoms with Gasteiger partial charge in [-0.25, -0.2) is 14.4 Å². The molecule has 1 aromatic carbocycles. The molecule has 18 heavy (non-hydrogen) atoms. The van der Waals surface area contributed by atoms with Crippen molar-refractivity contribution in [1.82, 2.24) is 19.5 Å². The predicted octanol–water partition coefficient (Wildman–Crippen LogP) is 2.68. The molecular weight excluding hydrogens is 251 g/mol. The van der Waals surface area contributed by atoms with E-state index in [0.717, 1.165) is 16.7 Å². The average molecular weight is 260 g/mol. The number of benzene rings is 1. The molecule has 0 spiro atoms. The van der Waals surface area contributed by atoms with Gasteiger partial charge in [-0.15, -0.1) is 0 Å². The molecule has 2 heterocycles. The van der Waals surface area contributed by atoms with Crippen molar-refractivity contribution in [3.05, 3.63) is 53.1 Å². The van der Waals surface area contributed by atoms with E-state index in [4.69, 9.17) is 12.2 Å². The number of aromatic amines is 1. The molecule has 90 valence electrons. The zero-order valence-corrected chi connectivity index (χ0v) is 10.1. The Morgan fingerprint density at radius 2 is 2.22 bits per heavy atom. The van der Waals surface area contributed by atoms with Gasteiger partial charge in [0.1, 0.15) is 12.1 Å². The number of hydrogen-bond acceptors (Lipinski definition) is 3. The van der Waals surface area contributed by atoms with Crippen LogP contribution in [-0.2, 0) is 6.54 Å². The van der Waals surface area contributed by atoms with Gasteiger partial charge in [0.25, 0.3) is 0 Å². The molecule has 0 bridgehead atoms. The van der Waals surface area contributed by atoms with E-state index in [1.165, 1.54) is 18.5 Å². The maximum atomic E-state index is 13.3. The van der Waals surface area contributed by atoms with Crippen molar-refractivity contribution in [1.29, 1.82) is 0 Å². The molecule has 0 aliphatic carbocycles. The van der Waals surface area contributed by atoms with Crippen LogP contribution in [0, 0.1) is 10.6 Å². The van der Waals surface area contributed by atoms with E-state index in [1.807, 2.05) is 4.57 Å². The van der Waals surface area contributed by atoms with Gasteiger partial charge in [-0.1, -0.05) is 0 Å². The van der Waals surface area contributed by atoms with E-state index in [0.29, 0.717) is 11.3 Å². The van der Waals surface area contributed by atoms with Crippen molar-refractivity contribution in [3.63, 3.8) is 0 Å². The number of rotatable bonds is 2. The topological polar surface area (TPSA) is 46.5 Å². The molecule has 1 N–H and O–H groups in total. The minimum Gasteiger partial charge on any atom is -0.331 e. The van der Waals surface area contributed by atoms with Gasteiger partial charge < -0.3 is 9.55 Å². The standard InChI is InChI=1S/C12H9FN4S/c13-8-1-2-10-11(5-8)17(12(18)16-10)6-9-3-4-14-7-15-9/h1-5,7H,6H2,(H,16,18). The van der Waals surface area contributed by atoms with Gasteiger partial charge in [0.2, 0.25) is 0 Å². The quantitative estimate of drug-likeness (QED) is 0.721. The zero-order chi connectivity index (χ0) is 12.5. The summed E-state index contributed by atoms with van der Waals surface area (Å²) < 4.78 is 15.6. The molecule has 0 atom stereocenters. The summed E-state index contributed by atoms with van der Waals surface area (Å²) in [5.41, 5.74) is 2.38. The molecule has 0 saturated heterocycles. The van der Waals surface area contributed by atoms with E-state index >= 15 is 0 Å². The number of imidazole rings is 1. The first-order chi connectivity index (χ1) is 8.74. The smallest absolute Gasteiger partial charge is 0.178 e. The number of nitrogens with zero attached hydrogens (tertiary/aromatic N) is 3. The SMILES string of the molecule is Fc1ccc2[nH]c(=S)n(Cc3ccncn3)c2c1. The lowest BCUT2D eigenvalue weighted by Gasteiger charge is -2.03. The van der Waals surface area contributed by atoms with Crippen molar-refractivity contribution >= 4 is 23.3 Å². The molecule has 3 aromatic rings. The van der Waals surface area contributed by atoms with Gasteiger partial charge in [-0.2, -0.15) is 0 Å². The summed E-state index contributed by atoms with van der Waals surface area (Å²) in [6.45, 7) is 0.491. The Bertz CT molecular complexity index is 748. The number of aromatic nitrogens is 4. The van der Waals surface area contributed by atoms with Gasteiger partial charge in [-0.3, -0.25) is 0 Å². The fraction of sp³-hybridized carbons (Fsp3) is 0.0833. The third kappa shape index (κ3) is 1.91. The summed E-state index contributed by atoms with van der Waals surface area (Å²) in [7, 11) is 0. The highest BCUT2D eigenvalue weighted by Gasteiger charge is 2.06. The van der Waals surface area contributed by atoms with Crippen LogP contribution < -0.4 is 0 Å². The molecule has 0 amide bonds. The maximum Gasteiger partial charge on any atom is 0.178 e. The molecule has 4 nitrogen and oxygen atoms in total. The molecule has 0 aliphatic rings. The number of nitrogens with one attached hydrogen (secondary N) is 1. The van der Waals surface area contributed by atoms with Crippen molar-refractivity contribution in [2.24, 2.45) is 0 Å². The molecule has 0 aliphatic heterocycles. The summed E-state index contributed by atoms with van der Waals surface area (Å²) >= 11 is 5.24. The van der Waals surface area contributed by atoms with Crippen LogP contribution >= 0.6 is 12.2 Å². The normalized spacial score (nSPS) is 10.9. The van der Waals surface area contributed by atoms with E-state index in [1.54, 1.807) is 18.3 Å². The molecule has 0 saturated carbocycles. The van der Waals surface area contributed by atoms with E-state index in [2.05, 4.69) is 15.0 Å². The molecule has 0 fully saturated rings. The highest BCUT2D eigenvalue weighted by molar-refractivity contribution is 7.71. The minimum atomic E-state index is -0.284. The fourth-order valence-electron chi connectivity index (χ4n) is 1.86. The lowest BCUT2D eigenvalue weighted by atomic mass is 10.3. The van der Waals surface area contributed by atoms with Crippen molar-refractivity contribution in [2.45, 2.75) is 6.54 Å². The molecule has 6 heteroatoms. The van der Waals surface area contributed by atoms with E-state index < -0.39 is 0 Å². The van der Waals surface area contributed by atoms with Gasteiger partial charge in [0.05, 0.1) is 23.3 Å². The van der Waals surface area contributed by atoms with E-state index in [-0.39, 0.29) is 5.82 Å². The summed E-state index contributed by atoms with van der Waals surface area (Å²) in [5, 5.41) is 0. The van der Waals surface area contributed by atoms with Gasteiger partial charge in [0.15, 0.2) is 4.77 Å². The van der Waals surface area contributed by atoms with Gasteiger partial charge in [0, 0.05) is 6.20 Å². The summed E-state index contributed by atoms with van der Waals surface area (Å²) in [6, 6.07) is 6.35. The highest BCUT2D eigenvalue weighted by atomic mass is 32.1. The fourth-order valence-corrected chi connectivity index (χ4v) is 2.13. The Kier molecular flexibility index (Phi) is 2.64. The van der Waals surface area contributed by atoms with E-state index in [9.17, 15) is 4.39 Å². The van der Waals surface area contributed by atoms with Gasteiger partial charge in [-0.05, 0) is 36.5 Å². The summed E-state index contributed by atoms with van der Waals surface area (Å²) in [6.07, 6.45) is 3.15. The number of hydrogen-bond donors (Lipinski definition) is 1. The van der Waals surface area contributed by atoms with Crippen LogP contribution in [0.25, 0.3) is 11.0 Å². The molecule has 0 radical (unpaired) electrons. The minimum absolute atomic E-state index is 0.284. The number of fused-ring (bicyclic) bond motifs is 1. The molecule has 2 aromatic heterocycles. The van der Waals surface area contributed by atoms with Crippen molar-refractivity contribution < 1.29 is 4.39 Å². The predicted molar refractivity (Wildman–Crippen MR) is 68.2 cm³/mol. The molecular formula is C12H9FN4S. The number of H-pyrrole nitrogens is 1. The summed E-state index contributed by atoms with van der Waals surface area (Å²) in [4.78, 5) is 11.0. The average Bonchev–Trinajstić information content (AvgIpc) is 2.67. The Labute approximate surface area is 107 Å². The monoisotopic (exact) mass is 260 g/mol. The van der Waals surface area contributed by atoms with Crippen LogP contribution in [0.1, 0.15) is 5.69 Å². The molecule has 0 unspecified atom stereocenters. The zero-order valence-electron chi connectivity index (χ0n) is 9.30. The second kappa shape index (κ2) is 4.30.